The van der Waals surface area contributed by atoms with Crippen molar-refractivity contribution in [2.75, 3.05) is 24.2 Å². The van der Waals surface area contributed by atoms with Crippen molar-refractivity contribution < 1.29 is 14.3 Å². The number of likely N-dealkylation sites (N-methyl/N-ethyl adjacent to an activating group) is 1. The summed E-state index contributed by atoms with van der Waals surface area (Å²) in [5, 5.41) is 9.06. The molecule has 92 valence electrons. The van der Waals surface area contributed by atoms with Crippen LogP contribution < -0.4 is 10.6 Å². The Morgan fingerprint density at radius 3 is 2.65 bits per heavy atom. The Morgan fingerprint density at radius 1 is 1.59 bits per heavy atom. The number of nitrogens with zero attached hydrogens (tertiary/aromatic N) is 1. The maximum absolute atomic E-state index is 13.2. The van der Waals surface area contributed by atoms with Gasteiger partial charge < -0.3 is 15.7 Å². The Kier molecular flexibility index (Phi) is 3.73. The Hall–Kier alpha value is -2.04. The topological polar surface area (TPSA) is 66.6 Å². The number of hydrogen-bond donors (Lipinski definition) is 2. The van der Waals surface area contributed by atoms with E-state index in [1.165, 1.54) is 6.07 Å². The Bertz CT molecular complexity index is 472. The van der Waals surface area contributed by atoms with Gasteiger partial charge in [-0.15, -0.1) is 0 Å². The maximum Gasteiger partial charge on any atom is 0.340 e. The second-order valence-electron chi connectivity index (χ2n) is 3.97. The molecule has 0 aromatic heterocycles. The molecule has 0 spiro atoms. The number of nitrogens with two attached hydrogens (primary N) is 1. The number of aromatic carboxylic acids is 1. The molecular weight excluding hydrogens is 223 g/mol. The Morgan fingerprint density at radius 2 is 2.18 bits per heavy atom. The largest absolute Gasteiger partial charge is 0.478 e. The highest BCUT2D eigenvalue weighted by atomic mass is 19.1. The van der Waals surface area contributed by atoms with Crippen molar-refractivity contribution in [2.24, 2.45) is 0 Å². The van der Waals surface area contributed by atoms with Crippen molar-refractivity contribution in [2.45, 2.75) is 6.92 Å². The molecule has 0 amide bonds. The number of benzene rings is 1. The van der Waals surface area contributed by atoms with Crippen molar-refractivity contribution in [3.63, 3.8) is 0 Å². The zero-order valence-electron chi connectivity index (χ0n) is 9.83. The van der Waals surface area contributed by atoms with Crippen molar-refractivity contribution in [3.8, 4) is 0 Å². The van der Waals surface area contributed by atoms with Gasteiger partial charge in [0.1, 0.15) is 11.4 Å². The van der Waals surface area contributed by atoms with E-state index < -0.39 is 11.8 Å². The summed E-state index contributed by atoms with van der Waals surface area (Å²) in [7, 11) is 1.70. The van der Waals surface area contributed by atoms with E-state index >= 15 is 0 Å². The van der Waals surface area contributed by atoms with Gasteiger partial charge in [0.2, 0.25) is 0 Å². The van der Waals surface area contributed by atoms with Gasteiger partial charge in [-0.2, -0.15) is 0 Å². The first-order chi connectivity index (χ1) is 7.84. The van der Waals surface area contributed by atoms with Gasteiger partial charge in [0.05, 0.1) is 11.4 Å². The van der Waals surface area contributed by atoms with Crippen LogP contribution >= 0.6 is 0 Å². The molecule has 1 rings (SSSR count). The Labute approximate surface area is 99.2 Å². The third-order valence-electron chi connectivity index (χ3n) is 2.30. The SMILES string of the molecule is C=C(C)CN(C)c1ccc(F)c(N)c1C(=O)O. The third-order valence-corrected chi connectivity index (χ3v) is 2.30. The van der Waals surface area contributed by atoms with Crippen LogP contribution in [0.4, 0.5) is 15.8 Å². The van der Waals surface area contributed by atoms with E-state index in [-0.39, 0.29) is 11.3 Å². The van der Waals surface area contributed by atoms with Crippen LogP contribution in [0.2, 0.25) is 0 Å². The third kappa shape index (κ3) is 2.75. The summed E-state index contributed by atoms with van der Waals surface area (Å²) < 4.78 is 13.2. The lowest BCUT2D eigenvalue weighted by Gasteiger charge is -2.22. The number of anilines is 2. The minimum atomic E-state index is -1.24. The lowest BCUT2D eigenvalue weighted by molar-refractivity contribution is 0.0698. The molecule has 4 nitrogen and oxygen atoms in total. The number of carboxylic acids is 1. The standard InChI is InChI=1S/C12H15FN2O2/c1-7(2)6-15(3)9-5-4-8(13)11(14)10(9)12(16)17/h4-5H,1,6,14H2,2-3H3,(H,16,17). The summed E-state index contributed by atoms with van der Waals surface area (Å²) in [6.07, 6.45) is 0. The van der Waals surface area contributed by atoms with Crippen molar-refractivity contribution in [1.29, 1.82) is 0 Å². The molecule has 0 saturated carbocycles. The number of hydrogen-bond acceptors (Lipinski definition) is 3. The molecule has 0 bridgehead atoms. The molecule has 1 aromatic carbocycles. The number of nitrogen functional groups attached to an aromatic ring is 1. The fourth-order valence-electron chi connectivity index (χ4n) is 1.62. The second kappa shape index (κ2) is 4.86. The van der Waals surface area contributed by atoms with Gasteiger partial charge in [-0.1, -0.05) is 12.2 Å². The summed E-state index contributed by atoms with van der Waals surface area (Å²) in [6.45, 7) is 6.04. The van der Waals surface area contributed by atoms with Gasteiger partial charge in [-0.3, -0.25) is 0 Å². The molecule has 0 aliphatic heterocycles. The lowest BCUT2D eigenvalue weighted by Crippen LogP contribution is -2.22. The molecule has 0 unspecified atom stereocenters. The number of halogens is 1. The predicted molar refractivity (Wildman–Crippen MR) is 65.9 cm³/mol. The molecule has 17 heavy (non-hydrogen) atoms. The zero-order chi connectivity index (χ0) is 13.2. The van der Waals surface area contributed by atoms with Crippen LogP contribution in [0.5, 0.6) is 0 Å². The molecular formula is C12H15FN2O2. The van der Waals surface area contributed by atoms with E-state index in [2.05, 4.69) is 6.58 Å². The average Bonchev–Trinajstić information content (AvgIpc) is 2.19. The zero-order valence-corrected chi connectivity index (χ0v) is 9.83. The van der Waals surface area contributed by atoms with E-state index in [0.717, 1.165) is 11.6 Å². The lowest BCUT2D eigenvalue weighted by atomic mass is 10.1. The van der Waals surface area contributed by atoms with Gasteiger partial charge in [-0.25, -0.2) is 9.18 Å². The highest BCUT2D eigenvalue weighted by molar-refractivity contribution is 6.00. The molecule has 5 heteroatoms. The van der Waals surface area contributed by atoms with E-state index in [1.54, 1.807) is 11.9 Å². The normalized spacial score (nSPS) is 10.1. The van der Waals surface area contributed by atoms with Crippen LogP contribution in [0.3, 0.4) is 0 Å². The summed E-state index contributed by atoms with van der Waals surface area (Å²) in [5.74, 6) is -1.97. The van der Waals surface area contributed by atoms with Crippen LogP contribution in [0.25, 0.3) is 0 Å². The maximum atomic E-state index is 13.2. The minimum Gasteiger partial charge on any atom is -0.478 e. The first kappa shape index (κ1) is 13.0. The van der Waals surface area contributed by atoms with Gasteiger partial charge in [-0.05, 0) is 19.1 Å². The van der Waals surface area contributed by atoms with Gasteiger partial charge in [0.25, 0.3) is 0 Å². The van der Waals surface area contributed by atoms with Crippen LogP contribution in [0, 0.1) is 5.82 Å². The summed E-state index contributed by atoms with van der Waals surface area (Å²) in [6, 6.07) is 2.56. The predicted octanol–water partition coefficient (Wildman–Crippen LogP) is 2.12. The van der Waals surface area contributed by atoms with E-state index in [1.807, 2.05) is 6.92 Å². The molecule has 3 N–H and O–H groups in total. The van der Waals surface area contributed by atoms with Crippen LogP contribution in [-0.4, -0.2) is 24.7 Å². The molecule has 0 saturated heterocycles. The molecule has 0 heterocycles. The highest BCUT2D eigenvalue weighted by Crippen LogP contribution is 2.27. The monoisotopic (exact) mass is 238 g/mol. The van der Waals surface area contributed by atoms with E-state index in [9.17, 15) is 9.18 Å². The molecule has 0 fully saturated rings. The van der Waals surface area contributed by atoms with Gasteiger partial charge in [0, 0.05) is 13.6 Å². The summed E-state index contributed by atoms with van der Waals surface area (Å²) >= 11 is 0. The van der Waals surface area contributed by atoms with Crippen molar-refractivity contribution in [3.05, 3.63) is 35.7 Å². The molecule has 1 aromatic rings. The van der Waals surface area contributed by atoms with Gasteiger partial charge in [0.15, 0.2) is 0 Å². The Balaban J connectivity index is 3.28. The fourth-order valence-corrected chi connectivity index (χ4v) is 1.62. The second-order valence-corrected chi connectivity index (χ2v) is 3.97. The number of rotatable bonds is 4. The number of carboxylic acid groups (broad SMARTS) is 1. The number of carbonyl (C=O) groups is 1. The fraction of sp³-hybridized carbons (Fsp3) is 0.250. The first-order valence-corrected chi connectivity index (χ1v) is 5.01. The average molecular weight is 238 g/mol. The molecule has 0 aliphatic carbocycles. The summed E-state index contributed by atoms with van der Waals surface area (Å²) in [5.41, 5.74) is 6.13. The van der Waals surface area contributed by atoms with Crippen LogP contribution in [-0.2, 0) is 0 Å². The van der Waals surface area contributed by atoms with Crippen LogP contribution in [0.15, 0.2) is 24.3 Å². The summed E-state index contributed by atoms with van der Waals surface area (Å²) in [4.78, 5) is 12.8. The van der Waals surface area contributed by atoms with Crippen molar-refractivity contribution >= 4 is 17.3 Å². The smallest absolute Gasteiger partial charge is 0.340 e. The van der Waals surface area contributed by atoms with Crippen LogP contribution in [0.1, 0.15) is 17.3 Å². The molecule has 0 radical (unpaired) electrons. The first-order valence-electron chi connectivity index (χ1n) is 5.01. The van der Waals surface area contributed by atoms with Crippen molar-refractivity contribution in [1.82, 2.24) is 0 Å². The molecule has 0 atom stereocenters. The molecule has 0 aliphatic rings. The van der Waals surface area contributed by atoms with E-state index in [4.69, 9.17) is 10.8 Å². The van der Waals surface area contributed by atoms with Gasteiger partial charge >= 0.3 is 5.97 Å². The minimum absolute atomic E-state index is 0.214. The quantitative estimate of drug-likeness (QED) is 0.623. The van der Waals surface area contributed by atoms with E-state index in [0.29, 0.717) is 12.2 Å². The highest BCUT2D eigenvalue weighted by Gasteiger charge is 2.19.